The maximum Gasteiger partial charge on any atom is 0.245 e. The number of carbonyl (C=O) groups excluding carboxylic acids is 11. The fourth-order valence-electron chi connectivity index (χ4n) is 8.62. The van der Waals surface area contributed by atoms with Crippen LogP contribution in [0.15, 0.2) is 0 Å². The van der Waals surface area contributed by atoms with Crippen molar-refractivity contribution in [3.8, 4) is 0 Å². The number of nitrogens with two attached hydrogens (primary N) is 5. The molecule has 0 aromatic carbocycles. The van der Waals surface area contributed by atoms with Gasteiger partial charge in [0.25, 0.3) is 0 Å². The Morgan fingerprint density at radius 2 is 0.926 bits per heavy atom. The predicted octanol–water partition coefficient (Wildman–Crippen LogP) is -5.83. The van der Waals surface area contributed by atoms with Crippen LogP contribution in [0.4, 0.5) is 0 Å². The number of nitrogens with one attached hydrogen (secondary N) is 11. The quantitative estimate of drug-likeness (QED) is 0.0325. The SMILES string of the molecule is CC(C)CCCCC(=O)N[C@@H](CCN)C(=O)N[C@H](C(=O)N[C@@H](CCN)C(=O)N[C@H]1CCNC(=O)[C@H]([C@@H](C)O)NC(=O)[C@H](CCN)NC(=O)[C@H](CCN)NC(=O)[C@@H](CC(C)C)NC(=O)[C@H](CC(C)C)NC(=O)[C@H](CCN)NC1=O)[C@@H](C)O. The lowest BCUT2D eigenvalue weighted by Gasteiger charge is -2.29. The summed E-state index contributed by atoms with van der Waals surface area (Å²) in [5, 5.41) is 49.5. The monoisotopic (exact) mass is 1150 g/mol. The average Bonchev–Trinajstić information content (AvgIpc) is 3.41. The Balaban J connectivity index is 3.83. The van der Waals surface area contributed by atoms with Gasteiger partial charge in [0.05, 0.1) is 12.2 Å². The van der Waals surface area contributed by atoms with Crippen LogP contribution in [0.2, 0.25) is 0 Å². The molecule has 0 saturated carbocycles. The van der Waals surface area contributed by atoms with Crippen LogP contribution in [0.3, 0.4) is 0 Å². The maximum absolute atomic E-state index is 14.4. The number of aliphatic hydroxyl groups is 2. The Kier molecular flexibility index (Phi) is 34.7. The fourth-order valence-corrected chi connectivity index (χ4v) is 8.62. The Hall–Kier alpha value is -6.11. The summed E-state index contributed by atoms with van der Waals surface area (Å²) >= 11 is 0. The molecule has 1 heterocycles. The molecule has 1 aliphatic rings. The van der Waals surface area contributed by atoms with Gasteiger partial charge in [0, 0.05) is 13.0 Å². The van der Waals surface area contributed by atoms with E-state index in [0.29, 0.717) is 12.3 Å². The van der Waals surface area contributed by atoms with Gasteiger partial charge in [-0.3, -0.25) is 52.7 Å². The van der Waals surface area contributed by atoms with Crippen LogP contribution < -0.4 is 87.2 Å². The van der Waals surface area contributed by atoms with E-state index in [-0.39, 0.29) is 95.9 Å². The maximum atomic E-state index is 14.4. The minimum absolute atomic E-state index is 0.0139. The van der Waals surface area contributed by atoms with E-state index in [1.165, 1.54) is 13.8 Å². The van der Waals surface area contributed by atoms with Crippen molar-refractivity contribution < 1.29 is 63.0 Å². The minimum Gasteiger partial charge on any atom is -0.391 e. The normalized spacial score (nSPS) is 23.2. The number of hydrogen-bond acceptors (Lipinski definition) is 18. The summed E-state index contributed by atoms with van der Waals surface area (Å²) in [5.74, 6) is -9.55. The third-order valence-electron chi connectivity index (χ3n) is 13.1. The number of amides is 11. The highest BCUT2D eigenvalue weighted by atomic mass is 16.3. The van der Waals surface area contributed by atoms with Crippen molar-refractivity contribution in [2.45, 2.75) is 205 Å². The lowest BCUT2D eigenvalue weighted by atomic mass is 9.99. The van der Waals surface area contributed by atoms with E-state index < -0.39 is 151 Å². The zero-order chi connectivity index (χ0) is 61.5. The second kappa shape index (κ2) is 38.6. The molecule has 29 heteroatoms. The highest BCUT2D eigenvalue weighted by molar-refractivity contribution is 5.99. The Labute approximate surface area is 475 Å². The molecule has 1 rings (SSSR count). The van der Waals surface area contributed by atoms with E-state index in [1.807, 2.05) is 0 Å². The van der Waals surface area contributed by atoms with Crippen molar-refractivity contribution in [1.29, 1.82) is 0 Å². The van der Waals surface area contributed by atoms with Gasteiger partial charge in [-0.1, -0.05) is 54.4 Å². The van der Waals surface area contributed by atoms with Gasteiger partial charge >= 0.3 is 0 Å². The van der Waals surface area contributed by atoms with Crippen molar-refractivity contribution in [3.05, 3.63) is 0 Å². The largest absolute Gasteiger partial charge is 0.391 e. The van der Waals surface area contributed by atoms with E-state index in [4.69, 9.17) is 28.7 Å². The van der Waals surface area contributed by atoms with E-state index in [2.05, 4.69) is 72.3 Å². The molecule has 0 unspecified atom stereocenters. The molecule has 0 aromatic heterocycles. The topological polar surface area (TPSA) is 491 Å². The van der Waals surface area contributed by atoms with Crippen molar-refractivity contribution in [2.75, 3.05) is 39.3 Å². The van der Waals surface area contributed by atoms with E-state index >= 15 is 0 Å². The van der Waals surface area contributed by atoms with Gasteiger partial charge in [-0.15, -0.1) is 0 Å². The minimum atomic E-state index is -1.69. The summed E-state index contributed by atoms with van der Waals surface area (Å²) in [4.78, 5) is 152. The zero-order valence-electron chi connectivity index (χ0n) is 48.7. The first-order valence-electron chi connectivity index (χ1n) is 28.3. The molecule has 1 saturated heterocycles. The van der Waals surface area contributed by atoms with Gasteiger partial charge in [-0.05, 0) is 122 Å². The van der Waals surface area contributed by atoms with Gasteiger partial charge in [0.15, 0.2) is 0 Å². The molecule has 81 heavy (non-hydrogen) atoms. The van der Waals surface area contributed by atoms with Crippen LogP contribution in [0, 0.1) is 17.8 Å². The van der Waals surface area contributed by atoms with Gasteiger partial charge < -0.3 is 97.4 Å². The number of aliphatic hydroxyl groups excluding tert-OH is 2. The van der Waals surface area contributed by atoms with Crippen LogP contribution in [-0.4, -0.2) is 187 Å². The van der Waals surface area contributed by atoms with Crippen molar-refractivity contribution in [2.24, 2.45) is 46.4 Å². The molecular formula is C52H98N16O13. The molecule has 23 N–H and O–H groups in total. The van der Waals surface area contributed by atoms with Crippen LogP contribution in [-0.2, 0) is 52.7 Å². The van der Waals surface area contributed by atoms with Crippen LogP contribution in [0.1, 0.15) is 132 Å². The third-order valence-corrected chi connectivity index (χ3v) is 13.1. The smallest absolute Gasteiger partial charge is 0.245 e. The second-order valence-electron chi connectivity index (χ2n) is 21.9. The summed E-state index contributed by atoms with van der Waals surface area (Å²) in [6.45, 7) is 12.6. The Bertz CT molecular complexity index is 2050. The second-order valence-corrected chi connectivity index (χ2v) is 21.9. The van der Waals surface area contributed by atoms with Gasteiger partial charge in [0.1, 0.15) is 60.4 Å². The summed E-state index contributed by atoms with van der Waals surface area (Å²) < 4.78 is 0. The van der Waals surface area contributed by atoms with Gasteiger partial charge in [0.2, 0.25) is 65.0 Å². The molecule has 0 radical (unpaired) electrons. The summed E-state index contributed by atoms with van der Waals surface area (Å²) in [6, 6.07) is -14.5. The number of unbranched alkanes of at least 4 members (excludes halogenated alkanes) is 1. The van der Waals surface area contributed by atoms with Crippen molar-refractivity contribution >= 4 is 65.0 Å². The number of carbonyl (C=O) groups is 11. The number of hydrogen-bond donors (Lipinski definition) is 18. The predicted molar refractivity (Wildman–Crippen MR) is 301 cm³/mol. The molecule has 29 nitrogen and oxygen atoms in total. The number of rotatable bonds is 28. The highest BCUT2D eigenvalue weighted by Gasteiger charge is 2.37. The Morgan fingerprint density at radius 3 is 1.35 bits per heavy atom. The van der Waals surface area contributed by atoms with E-state index in [0.717, 1.165) is 12.8 Å². The van der Waals surface area contributed by atoms with Gasteiger partial charge in [-0.2, -0.15) is 0 Å². The van der Waals surface area contributed by atoms with Crippen molar-refractivity contribution in [1.82, 2.24) is 58.5 Å². The Morgan fingerprint density at radius 1 is 0.494 bits per heavy atom. The van der Waals surface area contributed by atoms with Crippen LogP contribution in [0.25, 0.3) is 0 Å². The molecule has 1 fully saturated rings. The molecule has 464 valence electrons. The standard InChI is InChI=1S/C52H98N16O13/c1-27(2)11-9-10-12-40(71)59-32(13-19-53)47(76)68-42(31(8)70)52(81)64-35(16-22-56)44(73)63-37-18-24-58-51(80)41(30(7)69)67-48(77)36(17-23-57)61-43(72)33(14-20-54)62-49(78)38(25-28(3)4)66-50(79)39(26-29(5)6)65-45(74)34(15-21-55)60-46(37)75/h27-39,41-42,69-70H,9-26,53-57H2,1-8H3,(H,58,80)(H,59,71)(H,60,75)(H,61,72)(H,62,78)(H,63,73)(H,64,81)(H,65,74)(H,66,79)(H,67,77)(H,68,76)/t30-,31-,32+,33+,34+,35+,36+,37+,38-,39+,41+,42+/m1/s1. The average molecular weight is 1160 g/mol. The highest BCUT2D eigenvalue weighted by Crippen LogP contribution is 2.13. The first kappa shape index (κ1) is 72.9. The lowest BCUT2D eigenvalue weighted by Crippen LogP contribution is -2.62. The molecule has 0 bridgehead atoms. The van der Waals surface area contributed by atoms with Crippen LogP contribution in [0.5, 0.6) is 0 Å². The molecule has 11 amide bonds. The molecule has 0 aromatic rings. The molecule has 0 spiro atoms. The summed E-state index contributed by atoms with van der Waals surface area (Å²) in [6.07, 6.45) is -1.81. The fraction of sp³-hybridized carbons (Fsp3) is 0.788. The van der Waals surface area contributed by atoms with Crippen LogP contribution >= 0.6 is 0 Å². The summed E-state index contributed by atoms with van der Waals surface area (Å²) in [5.41, 5.74) is 29.2. The van der Waals surface area contributed by atoms with Gasteiger partial charge in [-0.25, -0.2) is 0 Å². The third kappa shape index (κ3) is 27.5. The molecule has 12 atom stereocenters. The molecular weight excluding hydrogens is 1060 g/mol. The van der Waals surface area contributed by atoms with E-state index in [1.54, 1.807) is 27.7 Å². The summed E-state index contributed by atoms with van der Waals surface area (Å²) in [7, 11) is 0. The first-order chi connectivity index (χ1) is 38.1. The zero-order valence-corrected chi connectivity index (χ0v) is 48.7. The molecule has 1 aliphatic heterocycles. The van der Waals surface area contributed by atoms with E-state index in [9.17, 15) is 63.0 Å². The first-order valence-corrected chi connectivity index (χ1v) is 28.3. The molecule has 0 aliphatic carbocycles. The van der Waals surface area contributed by atoms with Crippen molar-refractivity contribution in [3.63, 3.8) is 0 Å². The lowest BCUT2D eigenvalue weighted by molar-refractivity contribution is -0.137.